The van der Waals surface area contributed by atoms with Crippen LogP contribution in [0.15, 0.2) is 36.7 Å². The van der Waals surface area contributed by atoms with Crippen LogP contribution in [0.5, 0.6) is 11.5 Å². The molecule has 2 heterocycles. The highest BCUT2D eigenvalue weighted by Gasteiger charge is 2.32. The van der Waals surface area contributed by atoms with Gasteiger partial charge in [0.05, 0.1) is 20.2 Å². The lowest BCUT2D eigenvalue weighted by atomic mass is 10.1. The van der Waals surface area contributed by atoms with Gasteiger partial charge in [-0.1, -0.05) is 0 Å². The van der Waals surface area contributed by atoms with E-state index < -0.39 is 5.60 Å². The second kappa shape index (κ2) is 6.63. The molecule has 0 bridgehead atoms. The number of rotatable bonds is 2. The monoisotopic (exact) mass is 341 g/mol. The van der Waals surface area contributed by atoms with Crippen LogP contribution in [0.25, 0.3) is 0 Å². The number of benzene rings is 1. The minimum Gasteiger partial charge on any atom is -0.497 e. The Hall–Kier alpha value is -2.76. The van der Waals surface area contributed by atoms with Gasteiger partial charge in [-0.15, -0.1) is 0 Å². The minimum absolute atomic E-state index is 0.158. The molecule has 2 amide bonds. The first-order valence-electron chi connectivity index (χ1n) is 8.20. The van der Waals surface area contributed by atoms with Crippen molar-refractivity contribution in [2.45, 2.75) is 32.9 Å². The van der Waals surface area contributed by atoms with Crippen LogP contribution in [0, 0.1) is 6.92 Å². The van der Waals surface area contributed by atoms with Crippen LogP contribution in [0.1, 0.15) is 25.0 Å². The van der Waals surface area contributed by atoms with Crippen LogP contribution in [-0.4, -0.2) is 35.2 Å². The Kier molecular flexibility index (Phi) is 4.53. The Morgan fingerprint density at radius 2 is 2.16 bits per heavy atom. The van der Waals surface area contributed by atoms with Crippen LogP contribution >= 0.6 is 0 Å². The molecule has 25 heavy (non-hydrogen) atoms. The SMILES string of the molecule is COc1ccc2c(c1)OC(C)(C)CN(C(=O)Nc1ccncc1C)C2. The van der Waals surface area contributed by atoms with Crippen LogP contribution in [0.2, 0.25) is 0 Å². The molecular weight excluding hydrogens is 318 g/mol. The number of hydrogen-bond donors (Lipinski definition) is 1. The molecule has 0 unspecified atom stereocenters. The van der Waals surface area contributed by atoms with Gasteiger partial charge in [-0.2, -0.15) is 0 Å². The molecule has 0 saturated heterocycles. The molecular formula is C19H23N3O3. The van der Waals surface area contributed by atoms with Gasteiger partial charge in [-0.05, 0) is 44.5 Å². The molecule has 0 atom stereocenters. The lowest BCUT2D eigenvalue weighted by molar-refractivity contribution is 0.0833. The molecule has 1 aromatic heterocycles. The number of amides is 2. The fourth-order valence-corrected chi connectivity index (χ4v) is 2.89. The Bertz CT molecular complexity index is 789. The second-order valence-electron chi connectivity index (χ2n) is 6.81. The number of urea groups is 1. The van der Waals surface area contributed by atoms with Crippen molar-refractivity contribution in [3.63, 3.8) is 0 Å². The Labute approximate surface area is 147 Å². The third-order valence-corrected chi connectivity index (χ3v) is 4.14. The number of aromatic nitrogens is 1. The van der Waals surface area contributed by atoms with Crippen molar-refractivity contribution < 1.29 is 14.3 Å². The number of carbonyl (C=O) groups is 1. The second-order valence-corrected chi connectivity index (χ2v) is 6.81. The molecule has 0 saturated carbocycles. The van der Waals surface area contributed by atoms with E-state index in [1.165, 1.54) is 0 Å². The standard InChI is InChI=1S/C19H23N3O3/c1-13-10-20-8-7-16(13)21-18(23)22-11-14-5-6-15(24-4)9-17(14)25-19(2,3)12-22/h5-10H,11-12H2,1-4H3,(H,20,21,23). The van der Waals surface area contributed by atoms with E-state index in [0.717, 1.165) is 28.3 Å². The van der Waals surface area contributed by atoms with Crippen molar-refractivity contribution >= 4 is 11.7 Å². The van der Waals surface area contributed by atoms with E-state index in [0.29, 0.717) is 13.1 Å². The van der Waals surface area contributed by atoms with Gasteiger partial charge >= 0.3 is 6.03 Å². The van der Waals surface area contributed by atoms with Crippen molar-refractivity contribution in [2.24, 2.45) is 0 Å². The number of nitrogens with zero attached hydrogens (tertiary/aromatic N) is 2. The van der Waals surface area contributed by atoms with Gasteiger partial charge in [0, 0.05) is 29.7 Å². The fraction of sp³-hybridized carbons (Fsp3) is 0.368. The molecule has 6 heteroatoms. The molecule has 1 N–H and O–H groups in total. The zero-order chi connectivity index (χ0) is 18.0. The normalized spacial score (nSPS) is 15.6. The summed E-state index contributed by atoms with van der Waals surface area (Å²) in [5.74, 6) is 1.49. The summed E-state index contributed by atoms with van der Waals surface area (Å²) in [6, 6.07) is 7.32. The van der Waals surface area contributed by atoms with Crippen LogP contribution < -0.4 is 14.8 Å². The maximum absolute atomic E-state index is 12.8. The highest BCUT2D eigenvalue weighted by atomic mass is 16.5. The zero-order valence-corrected chi connectivity index (χ0v) is 15.0. The van der Waals surface area contributed by atoms with Gasteiger partial charge in [0.25, 0.3) is 0 Å². The summed E-state index contributed by atoms with van der Waals surface area (Å²) in [6.45, 7) is 6.80. The van der Waals surface area contributed by atoms with Crippen LogP contribution in [0.4, 0.5) is 10.5 Å². The highest BCUT2D eigenvalue weighted by Crippen LogP contribution is 2.32. The molecule has 0 fully saturated rings. The first kappa shape index (κ1) is 17.1. The number of hydrogen-bond acceptors (Lipinski definition) is 4. The number of methoxy groups -OCH3 is 1. The number of carbonyl (C=O) groups excluding carboxylic acids is 1. The summed E-state index contributed by atoms with van der Waals surface area (Å²) in [5, 5.41) is 2.97. The van der Waals surface area contributed by atoms with Crippen molar-refractivity contribution in [3.8, 4) is 11.5 Å². The van der Waals surface area contributed by atoms with E-state index in [4.69, 9.17) is 9.47 Å². The maximum Gasteiger partial charge on any atom is 0.322 e. The first-order valence-corrected chi connectivity index (χ1v) is 8.20. The quantitative estimate of drug-likeness (QED) is 0.906. The van der Waals surface area contributed by atoms with E-state index in [2.05, 4.69) is 10.3 Å². The highest BCUT2D eigenvalue weighted by molar-refractivity contribution is 5.90. The molecule has 0 radical (unpaired) electrons. The predicted molar refractivity (Wildman–Crippen MR) is 96.1 cm³/mol. The van der Waals surface area contributed by atoms with Gasteiger partial charge in [-0.3, -0.25) is 4.98 Å². The van der Waals surface area contributed by atoms with Crippen LogP contribution in [-0.2, 0) is 6.54 Å². The van der Waals surface area contributed by atoms with Gasteiger partial charge in [-0.25, -0.2) is 4.79 Å². The summed E-state index contributed by atoms with van der Waals surface area (Å²) in [4.78, 5) is 18.6. The topological polar surface area (TPSA) is 63.7 Å². The van der Waals surface area contributed by atoms with Crippen molar-refractivity contribution in [2.75, 3.05) is 19.0 Å². The molecule has 0 spiro atoms. The van der Waals surface area contributed by atoms with E-state index in [1.54, 1.807) is 30.5 Å². The Balaban J connectivity index is 1.86. The third kappa shape index (κ3) is 3.84. The minimum atomic E-state index is -0.512. The molecule has 1 aliphatic heterocycles. The number of fused-ring (bicyclic) bond motifs is 1. The summed E-state index contributed by atoms with van der Waals surface area (Å²) in [5.41, 5.74) is 2.12. The van der Waals surface area contributed by atoms with E-state index in [1.807, 2.05) is 39.0 Å². The van der Waals surface area contributed by atoms with E-state index in [9.17, 15) is 4.79 Å². The average Bonchev–Trinajstić information content (AvgIpc) is 2.70. The summed E-state index contributed by atoms with van der Waals surface area (Å²) >= 11 is 0. The van der Waals surface area contributed by atoms with E-state index >= 15 is 0 Å². The number of ether oxygens (including phenoxy) is 2. The van der Waals surface area contributed by atoms with Gasteiger partial charge < -0.3 is 19.7 Å². The zero-order valence-electron chi connectivity index (χ0n) is 15.0. The van der Waals surface area contributed by atoms with Crippen molar-refractivity contribution in [1.29, 1.82) is 0 Å². The number of anilines is 1. The van der Waals surface area contributed by atoms with Crippen LogP contribution in [0.3, 0.4) is 0 Å². The first-order chi connectivity index (χ1) is 11.9. The van der Waals surface area contributed by atoms with Crippen molar-refractivity contribution in [3.05, 3.63) is 47.8 Å². The van der Waals surface area contributed by atoms with E-state index in [-0.39, 0.29) is 6.03 Å². The summed E-state index contributed by atoms with van der Waals surface area (Å²) < 4.78 is 11.4. The van der Waals surface area contributed by atoms with Gasteiger partial charge in [0.1, 0.15) is 17.1 Å². The number of aryl methyl sites for hydroxylation is 1. The lowest BCUT2D eigenvalue weighted by Gasteiger charge is -2.29. The number of pyridine rings is 1. The average molecular weight is 341 g/mol. The molecule has 1 aliphatic rings. The van der Waals surface area contributed by atoms with Gasteiger partial charge in [0.15, 0.2) is 0 Å². The predicted octanol–water partition coefficient (Wildman–Crippen LogP) is 3.60. The Morgan fingerprint density at radius 3 is 2.88 bits per heavy atom. The molecule has 1 aromatic carbocycles. The Morgan fingerprint density at radius 1 is 1.36 bits per heavy atom. The smallest absolute Gasteiger partial charge is 0.322 e. The summed E-state index contributed by atoms with van der Waals surface area (Å²) in [7, 11) is 1.63. The largest absolute Gasteiger partial charge is 0.497 e. The molecule has 6 nitrogen and oxygen atoms in total. The fourth-order valence-electron chi connectivity index (χ4n) is 2.89. The maximum atomic E-state index is 12.8. The van der Waals surface area contributed by atoms with Crippen molar-refractivity contribution in [1.82, 2.24) is 9.88 Å². The molecule has 3 rings (SSSR count). The molecule has 0 aliphatic carbocycles. The van der Waals surface area contributed by atoms with Gasteiger partial charge in [0.2, 0.25) is 0 Å². The molecule has 2 aromatic rings. The number of nitrogens with one attached hydrogen (secondary N) is 1. The summed E-state index contributed by atoms with van der Waals surface area (Å²) in [6.07, 6.45) is 3.40. The third-order valence-electron chi connectivity index (χ3n) is 4.14. The lowest BCUT2D eigenvalue weighted by Crippen LogP contribution is -2.44. The molecule has 132 valence electrons.